The highest BCUT2D eigenvalue weighted by Gasteiger charge is 2.26. The highest BCUT2D eigenvalue weighted by molar-refractivity contribution is 4.90. The maximum atomic E-state index is 4.27. The van der Waals surface area contributed by atoms with E-state index in [9.17, 15) is 0 Å². The van der Waals surface area contributed by atoms with Crippen LogP contribution >= 0.6 is 0 Å². The van der Waals surface area contributed by atoms with Crippen LogP contribution in [0.25, 0.3) is 0 Å². The first kappa shape index (κ1) is 13.6. The van der Waals surface area contributed by atoms with Gasteiger partial charge in [0.1, 0.15) is 5.82 Å². The molecule has 1 aromatic rings. The summed E-state index contributed by atoms with van der Waals surface area (Å²) < 4.78 is 2.24. The first-order chi connectivity index (χ1) is 8.58. The van der Waals surface area contributed by atoms with Gasteiger partial charge in [-0.3, -0.25) is 4.90 Å². The highest BCUT2D eigenvalue weighted by atomic mass is 15.2. The lowest BCUT2D eigenvalue weighted by Gasteiger charge is -2.40. The highest BCUT2D eigenvalue weighted by Crippen LogP contribution is 2.12. The van der Waals surface area contributed by atoms with Crippen LogP contribution in [0.5, 0.6) is 0 Å². The van der Waals surface area contributed by atoms with Crippen LogP contribution in [-0.4, -0.2) is 46.2 Å². The zero-order valence-electron chi connectivity index (χ0n) is 12.1. The molecule has 1 saturated heterocycles. The van der Waals surface area contributed by atoms with Crippen molar-refractivity contribution in [1.82, 2.24) is 19.8 Å². The molecular weight excluding hydrogens is 224 g/mol. The third kappa shape index (κ3) is 3.12. The van der Waals surface area contributed by atoms with Crippen molar-refractivity contribution in [3.63, 3.8) is 0 Å². The van der Waals surface area contributed by atoms with E-state index in [1.807, 2.05) is 6.20 Å². The summed E-state index contributed by atoms with van der Waals surface area (Å²) >= 11 is 0. The molecule has 102 valence electrons. The first-order valence-electron chi connectivity index (χ1n) is 7.03. The molecule has 4 heteroatoms. The van der Waals surface area contributed by atoms with Gasteiger partial charge in [-0.25, -0.2) is 4.98 Å². The molecule has 0 saturated carbocycles. The summed E-state index contributed by atoms with van der Waals surface area (Å²) in [5.74, 6) is 1.81. The Morgan fingerprint density at radius 3 is 2.83 bits per heavy atom. The Morgan fingerprint density at radius 1 is 1.44 bits per heavy atom. The second-order valence-electron chi connectivity index (χ2n) is 5.77. The molecule has 0 spiro atoms. The summed E-state index contributed by atoms with van der Waals surface area (Å²) in [5, 5.41) is 3.64. The maximum Gasteiger partial charge on any atom is 0.105 e. The van der Waals surface area contributed by atoms with Gasteiger partial charge in [0.05, 0.1) is 0 Å². The van der Waals surface area contributed by atoms with Gasteiger partial charge in [-0.1, -0.05) is 13.8 Å². The summed E-state index contributed by atoms with van der Waals surface area (Å²) in [7, 11) is 0. The van der Waals surface area contributed by atoms with Crippen LogP contribution in [0.4, 0.5) is 0 Å². The van der Waals surface area contributed by atoms with Gasteiger partial charge in [-0.2, -0.15) is 0 Å². The van der Waals surface area contributed by atoms with E-state index < -0.39 is 0 Å². The Kier molecular flexibility index (Phi) is 4.40. The molecule has 0 bridgehead atoms. The molecule has 1 aromatic heterocycles. The molecule has 0 aliphatic carbocycles. The number of rotatable bonds is 4. The minimum absolute atomic E-state index is 0.629. The first-order valence-corrected chi connectivity index (χ1v) is 7.03. The fourth-order valence-electron chi connectivity index (χ4n) is 2.58. The van der Waals surface area contributed by atoms with Gasteiger partial charge in [-0.05, 0) is 19.8 Å². The van der Waals surface area contributed by atoms with Crippen LogP contribution in [0.15, 0.2) is 12.4 Å². The van der Waals surface area contributed by atoms with Crippen LogP contribution < -0.4 is 5.32 Å². The van der Waals surface area contributed by atoms with E-state index in [-0.39, 0.29) is 0 Å². The van der Waals surface area contributed by atoms with E-state index in [1.165, 1.54) is 0 Å². The summed E-state index contributed by atoms with van der Waals surface area (Å²) in [6.45, 7) is 13.4. The van der Waals surface area contributed by atoms with Crippen LogP contribution in [0, 0.1) is 12.8 Å². The average molecular weight is 250 g/mol. The predicted octanol–water partition coefficient (Wildman–Crippen LogP) is 1.51. The average Bonchev–Trinajstić information content (AvgIpc) is 2.73. The molecule has 1 fully saturated rings. The van der Waals surface area contributed by atoms with E-state index >= 15 is 0 Å². The zero-order valence-corrected chi connectivity index (χ0v) is 12.1. The normalized spacial score (nSPS) is 25.8. The van der Waals surface area contributed by atoms with E-state index in [1.54, 1.807) is 0 Å². The third-order valence-electron chi connectivity index (χ3n) is 4.09. The van der Waals surface area contributed by atoms with E-state index in [0.29, 0.717) is 18.0 Å². The topological polar surface area (TPSA) is 33.1 Å². The van der Waals surface area contributed by atoms with Gasteiger partial charge in [0.2, 0.25) is 0 Å². The molecule has 18 heavy (non-hydrogen) atoms. The fraction of sp³-hybridized carbons (Fsp3) is 0.786. The molecule has 1 aliphatic rings. The molecule has 2 heterocycles. The number of hydrogen-bond acceptors (Lipinski definition) is 3. The molecule has 0 aromatic carbocycles. The lowest BCUT2D eigenvalue weighted by atomic mass is 10.00. The number of nitrogens with one attached hydrogen (secondary N) is 1. The molecule has 1 N–H and O–H groups in total. The Bertz CT molecular complexity index is 372. The number of imidazole rings is 1. The zero-order chi connectivity index (χ0) is 13.1. The van der Waals surface area contributed by atoms with Gasteiger partial charge in [0.15, 0.2) is 0 Å². The Hall–Kier alpha value is -0.870. The number of aryl methyl sites for hydroxylation is 1. The fourth-order valence-corrected chi connectivity index (χ4v) is 2.58. The molecule has 4 nitrogen and oxygen atoms in total. The lowest BCUT2D eigenvalue weighted by Crippen LogP contribution is -2.57. The number of nitrogens with zero attached hydrogens (tertiary/aromatic N) is 3. The minimum atomic E-state index is 0.629. The van der Waals surface area contributed by atoms with Crippen molar-refractivity contribution in [3.05, 3.63) is 18.2 Å². The van der Waals surface area contributed by atoms with Crippen LogP contribution in [0.2, 0.25) is 0 Å². The standard InChI is InChI=1S/C14H26N4/c1-11(2)14-10-18(12(3)9-16-14)8-7-17-6-5-15-13(17)4/h5-6,11-12,14,16H,7-10H2,1-4H3. The van der Waals surface area contributed by atoms with Crippen molar-refractivity contribution >= 4 is 0 Å². The molecule has 2 atom stereocenters. The number of piperazine rings is 1. The van der Waals surface area contributed by atoms with Gasteiger partial charge in [-0.15, -0.1) is 0 Å². The lowest BCUT2D eigenvalue weighted by molar-refractivity contribution is 0.119. The summed E-state index contributed by atoms with van der Waals surface area (Å²) in [4.78, 5) is 6.87. The Labute approximate surface area is 110 Å². The largest absolute Gasteiger partial charge is 0.334 e. The number of aromatic nitrogens is 2. The monoisotopic (exact) mass is 250 g/mol. The molecule has 0 radical (unpaired) electrons. The van der Waals surface area contributed by atoms with Gasteiger partial charge >= 0.3 is 0 Å². The molecule has 2 unspecified atom stereocenters. The van der Waals surface area contributed by atoms with Gasteiger partial charge in [0.25, 0.3) is 0 Å². The number of hydrogen-bond donors (Lipinski definition) is 1. The Morgan fingerprint density at radius 2 is 2.22 bits per heavy atom. The maximum absolute atomic E-state index is 4.27. The summed E-state index contributed by atoms with van der Waals surface area (Å²) in [5.41, 5.74) is 0. The molecular formula is C14H26N4. The SMILES string of the molecule is Cc1nccn1CCN1CC(C(C)C)NCC1C. The predicted molar refractivity (Wildman–Crippen MR) is 74.6 cm³/mol. The molecule has 0 amide bonds. The quantitative estimate of drug-likeness (QED) is 0.879. The second kappa shape index (κ2) is 5.85. The minimum Gasteiger partial charge on any atom is -0.334 e. The van der Waals surface area contributed by atoms with E-state index in [2.05, 4.69) is 53.7 Å². The summed E-state index contributed by atoms with van der Waals surface area (Å²) in [6, 6.07) is 1.26. The van der Waals surface area contributed by atoms with Crippen molar-refractivity contribution in [3.8, 4) is 0 Å². The van der Waals surface area contributed by atoms with Crippen molar-refractivity contribution < 1.29 is 0 Å². The molecule has 1 aliphatic heterocycles. The van der Waals surface area contributed by atoms with E-state index in [0.717, 1.165) is 32.0 Å². The second-order valence-corrected chi connectivity index (χ2v) is 5.77. The van der Waals surface area contributed by atoms with Crippen molar-refractivity contribution in [2.45, 2.75) is 46.3 Å². The van der Waals surface area contributed by atoms with Crippen molar-refractivity contribution in [1.29, 1.82) is 0 Å². The van der Waals surface area contributed by atoms with Gasteiger partial charge < -0.3 is 9.88 Å². The Balaban J connectivity index is 1.89. The van der Waals surface area contributed by atoms with Crippen LogP contribution in [0.3, 0.4) is 0 Å². The third-order valence-corrected chi connectivity index (χ3v) is 4.09. The van der Waals surface area contributed by atoms with E-state index in [4.69, 9.17) is 0 Å². The van der Waals surface area contributed by atoms with Crippen LogP contribution in [0.1, 0.15) is 26.6 Å². The molecule has 2 rings (SSSR count). The van der Waals surface area contributed by atoms with Gasteiger partial charge in [0, 0.05) is 50.7 Å². The van der Waals surface area contributed by atoms with Crippen molar-refractivity contribution in [2.75, 3.05) is 19.6 Å². The smallest absolute Gasteiger partial charge is 0.105 e. The van der Waals surface area contributed by atoms with Crippen LogP contribution in [-0.2, 0) is 6.54 Å². The van der Waals surface area contributed by atoms with Crippen molar-refractivity contribution in [2.24, 2.45) is 5.92 Å². The summed E-state index contributed by atoms with van der Waals surface area (Å²) in [6.07, 6.45) is 3.95.